The smallest absolute Gasteiger partial charge is 0.257 e. The molecule has 0 atom stereocenters. The highest BCUT2D eigenvalue weighted by Gasteiger charge is 2.09. The summed E-state index contributed by atoms with van der Waals surface area (Å²) < 4.78 is 0. The average Bonchev–Trinajstić information content (AvgIpc) is 2.40. The van der Waals surface area contributed by atoms with Crippen molar-refractivity contribution in [2.24, 2.45) is 5.84 Å². The number of hydrogen-bond acceptors (Lipinski definition) is 4. The second kappa shape index (κ2) is 5.09. The number of nitrogen functional groups attached to an aromatic ring is 1. The molecule has 86 valence electrons. The molecule has 2 rings (SSSR count). The maximum absolute atomic E-state index is 12.0. The highest BCUT2D eigenvalue weighted by molar-refractivity contribution is 6.07. The van der Waals surface area contributed by atoms with Crippen LogP contribution >= 0.6 is 0 Å². The molecule has 1 aromatic carbocycles. The Morgan fingerprint density at radius 3 is 2.71 bits per heavy atom. The summed E-state index contributed by atoms with van der Waals surface area (Å²) in [4.78, 5) is 15.9. The van der Waals surface area contributed by atoms with Crippen LogP contribution in [0.1, 0.15) is 10.4 Å². The number of hydrogen-bond donors (Lipinski definition) is 3. The molecule has 5 heteroatoms. The summed E-state index contributed by atoms with van der Waals surface area (Å²) in [7, 11) is 0. The molecule has 0 fully saturated rings. The number of nitrogens with one attached hydrogen (secondary N) is 2. The standard InChI is InChI=1S/C12H12N4O/c13-16-11-6-2-1-5-10(11)12(17)15-9-4-3-7-14-8-9/h1-8,16H,13H2,(H,15,17). The maximum Gasteiger partial charge on any atom is 0.257 e. The number of hydrazine groups is 1. The minimum Gasteiger partial charge on any atom is -0.323 e. The molecule has 1 aromatic heterocycles. The van der Waals surface area contributed by atoms with Gasteiger partial charge in [-0.1, -0.05) is 12.1 Å². The number of anilines is 2. The summed E-state index contributed by atoms with van der Waals surface area (Å²) in [5.41, 5.74) is 4.19. The van der Waals surface area contributed by atoms with Crippen molar-refractivity contribution in [3.05, 3.63) is 54.4 Å². The van der Waals surface area contributed by atoms with Crippen molar-refractivity contribution in [2.75, 3.05) is 10.7 Å². The van der Waals surface area contributed by atoms with Gasteiger partial charge in [-0.05, 0) is 24.3 Å². The Balaban J connectivity index is 2.20. The van der Waals surface area contributed by atoms with E-state index in [1.54, 1.807) is 48.8 Å². The van der Waals surface area contributed by atoms with E-state index < -0.39 is 0 Å². The Bertz CT molecular complexity index is 513. The first kappa shape index (κ1) is 11.1. The van der Waals surface area contributed by atoms with Crippen molar-refractivity contribution in [1.29, 1.82) is 0 Å². The van der Waals surface area contributed by atoms with Crippen LogP contribution in [0, 0.1) is 0 Å². The van der Waals surface area contributed by atoms with Crippen LogP contribution in [0.5, 0.6) is 0 Å². The number of amides is 1. The predicted octanol–water partition coefficient (Wildman–Crippen LogP) is 1.62. The Labute approximate surface area is 98.6 Å². The van der Waals surface area contributed by atoms with Gasteiger partial charge >= 0.3 is 0 Å². The van der Waals surface area contributed by atoms with E-state index in [4.69, 9.17) is 5.84 Å². The van der Waals surface area contributed by atoms with Crippen molar-refractivity contribution in [1.82, 2.24) is 4.98 Å². The molecule has 0 unspecified atom stereocenters. The van der Waals surface area contributed by atoms with E-state index in [0.29, 0.717) is 16.9 Å². The third-order valence-corrected chi connectivity index (χ3v) is 2.25. The fourth-order valence-electron chi connectivity index (χ4n) is 1.44. The molecule has 2 aromatic rings. The summed E-state index contributed by atoms with van der Waals surface area (Å²) in [5, 5.41) is 2.74. The molecule has 1 heterocycles. The molecular formula is C12H12N4O. The molecule has 0 saturated heterocycles. The molecule has 5 nitrogen and oxygen atoms in total. The first-order valence-corrected chi connectivity index (χ1v) is 5.08. The van der Waals surface area contributed by atoms with Crippen molar-refractivity contribution >= 4 is 17.3 Å². The average molecular weight is 228 g/mol. The number of rotatable bonds is 3. The number of pyridine rings is 1. The van der Waals surface area contributed by atoms with Crippen LogP contribution in [0.15, 0.2) is 48.8 Å². The molecule has 0 bridgehead atoms. The first-order valence-electron chi connectivity index (χ1n) is 5.08. The molecule has 1 amide bonds. The van der Waals surface area contributed by atoms with E-state index in [9.17, 15) is 4.79 Å². The molecule has 0 aliphatic heterocycles. The lowest BCUT2D eigenvalue weighted by molar-refractivity contribution is 0.102. The number of carbonyl (C=O) groups excluding carboxylic acids is 1. The Kier molecular flexibility index (Phi) is 3.32. The van der Waals surface area contributed by atoms with Crippen LogP contribution in [0.25, 0.3) is 0 Å². The van der Waals surface area contributed by atoms with E-state index in [0.717, 1.165) is 0 Å². The van der Waals surface area contributed by atoms with Gasteiger partial charge in [-0.3, -0.25) is 15.6 Å². The minimum atomic E-state index is -0.230. The van der Waals surface area contributed by atoms with Gasteiger partial charge in [-0.15, -0.1) is 0 Å². The molecule has 0 radical (unpaired) electrons. The molecular weight excluding hydrogens is 216 g/mol. The number of benzene rings is 1. The van der Waals surface area contributed by atoms with Crippen LogP contribution in [0.4, 0.5) is 11.4 Å². The normalized spacial score (nSPS) is 9.71. The van der Waals surface area contributed by atoms with Crippen LogP contribution in [0.3, 0.4) is 0 Å². The Morgan fingerprint density at radius 1 is 1.18 bits per heavy atom. The van der Waals surface area contributed by atoms with Crippen molar-refractivity contribution < 1.29 is 4.79 Å². The fraction of sp³-hybridized carbons (Fsp3) is 0. The quantitative estimate of drug-likeness (QED) is 0.551. The molecule has 0 spiro atoms. The van der Waals surface area contributed by atoms with Crippen molar-refractivity contribution in [2.45, 2.75) is 0 Å². The summed E-state index contributed by atoms with van der Waals surface area (Å²) in [6.07, 6.45) is 3.22. The van der Waals surface area contributed by atoms with Crippen LogP contribution in [0.2, 0.25) is 0 Å². The molecule has 4 N–H and O–H groups in total. The number of aromatic nitrogens is 1. The third-order valence-electron chi connectivity index (χ3n) is 2.25. The van der Waals surface area contributed by atoms with E-state index >= 15 is 0 Å². The van der Waals surface area contributed by atoms with Gasteiger partial charge in [0.05, 0.1) is 23.1 Å². The van der Waals surface area contributed by atoms with Gasteiger partial charge in [-0.2, -0.15) is 0 Å². The first-order chi connectivity index (χ1) is 8.31. The van der Waals surface area contributed by atoms with E-state index in [2.05, 4.69) is 15.7 Å². The van der Waals surface area contributed by atoms with Gasteiger partial charge < -0.3 is 10.7 Å². The summed E-state index contributed by atoms with van der Waals surface area (Å²) in [6, 6.07) is 10.5. The number of carbonyl (C=O) groups is 1. The zero-order valence-electron chi connectivity index (χ0n) is 9.05. The zero-order chi connectivity index (χ0) is 12.1. The molecule has 0 saturated carbocycles. The van der Waals surface area contributed by atoms with Gasteiger partial charge in [0.25, 0.3) is 5.91 Å². The maximum atomic E-state index is 12.0. The second-order valence-corrected chi connectivity index (χ2v) is 3.39. The second-order valence-electron chi connectivity index (χ2n) is 3.39. The van der Waals surface area contributed by atoms with Crippen molar-refractivity contribution in [3.8, 4) is 0 Å². The van der Waals surface area contributed by atoms with Gasteiger partial charge in [0, 0.05) is 6.20 Å². The minimum absolute atomic E-state index is 0.230. The van der Waals surface area contributed by atoms with Crippen LogP contribution in [-0.4, -0.2) is 10.9 Å². The topological polar surface area (TPSA) is 80.0 Å². The van der Waals surface area contributed by atoms with Crippen LogP contribution < -0.4 is 16.6 Å². The lowest BCUT2D eigenvalue weighted by atomic mass is 10.1. The number of nitrogens with two attached hydrogens (primary N) is 1. The summed E-state index contributed by atoms with van der Waals surface area (Å²) in [6.45, 7) is 0. The van der Waals surface area contributed by atoms with Gasteiger partial charge in [0.15, 0.2) is 0 Å². The third kappa shape index (κ3) is 2.59. The number of para-hydroxylation sites is 1. The summed E-state index contributed by atoms with van der Waals surface area (Å²) in [5.74, 6) is 5.11. The van der Waals surface area contributed by atoms with E-state index in [1.165, 1.54) is 0 Å². The molecule has 0 aliphatic rings. The van der Waals surface area contributed by atoms with Crippen molar-refractivity contribution in [3.63, 3.8) is 0 Å². The Hall–Kier alpha value is -2.40. The fourth-order valence-corrected chi connectivity index (χ4v) is 1.44. The van der Waals surface area contributed by atoms with E-state index in [-0.39, 0.29) is 5.91 Å². The largest absolute Gasteiger partial charge is 0.323 e. The monoisotopic (exact) mass is 228 g/mol. The molecule has 0 aliphatic carbocycles. The Morgan fingerprint density at radius 2 is 2.00 bits per heavy atom. The lowest BCUT2D eigenvalue weighted by Gasteiger charge is -2.08. The highest BCUT2D eigenvalue weighted by atomic mass is 16.1. The number of nitrogens with zero attached hydrogens (tertiary/aromatic N) is 1. The summed E-state index contributed by atoms with van der Waals surface area (Å²) >= 11 is 0. The highest BCUT2D eigenvalue weighted by Crippen LogP contribution is 2.15. The lowest BCUT2D eigenvalue weighted by Crippen LogP contribution is -2.17. The zero-order valence-corrected chi connectivity index (χ0v) is 9.05. The van der Waals surface area contributed by atoms with Gasteiger partial charge in [0.2, 0.25) is 0 Å². The van der Waals surface area contributed by atoms with Gasteiger partial charge in [-0.25, -0.2) is 0 Å². The SMILES string of the molecule is NNc1ccccc1C(=O)Nc1cccnc1. The predicted molar refractivity (Wildman–Crippen MR) is 66.4 cm³/mol. The van der Waals surface area contributed by atoms with E-state index in [1.807, 2.05) is 0 Å². The van der Waals surface area contributed by atoms with Crippen LogP contribution in [-0.2, 0) is 0 Å². The molecule has 17 heavy (non-hydrogen) atoms. The van der Waals surface area contributed by atoms with Gasteiger partial charge in [0.1, 0.15) is 0 Å².